The highest BCUT2D eigenvalue weighted by Gasteiger charge is 2.39. The van der Waals surface area contributed by atoms with Crippen molar-refractivity contribution in [3.63, 3.8) is 0 Å². The minimum absolute atomic E-state index is 0.00587. The topological polar surface area (TPSA) is 116 Å². The lowest BCUT2D eigenvalue weighted by Crippen LogP contribution is -2.64. The second kappa shape index (κ2) is 12.8. The molecule has 2 amide bonds. The lowest BCUT2D eigenvalue weighted by atomic mass is 9.76. The Morgan fingerprint density at radius 2 is 2.03 bits per heavy atom. The van der Waals surface area contributed by atoms with Crippen LogP contribution in [0.4, 0.5) is 4.39 Å². The first-order valence-corrected chi connectivity index (χ1v) is 13.4. The summed E-state index contributed by atoms with van der Waals surface area (Å²) < 4.78 is 13.5. The van der Waals surface area contributed by atoms with E-state index in [0.29, 0.717) is 38.1 Å². The van der Waals surface area contributed by atoms with Gasteiger partial charge in [-0.3, -0.25) is 25.2 Å². The zero-order chi connectivity index (χ0) is 23.9. The fourth-order valence-electron chi connectivity index (χ4n) is 5.77. The average Bonchev–Trinajstić information content (AvgIpc) is 3.28. The van der Waals surface area contributed by atoms with Gasteiger partial charge in [0.25, 0.3) is 0 Å². The zero-order valence-electron chi connectivity index (χ0n) is 19.8. The maximum Gasteiger partial charge on any atom is 0.237 e. The van der Waals surface area contributed by atoms with Gasteiger partial charge in [-0.1, -0.05) is 12.8 Å². The number of amides is 2. The van der Waals surface area contributed by atoms with Crippen LogP contribution in [0, 0.1) is 17.8 Å². The van der Waals surface area contributed by atoms with Gasteiger partial charge in [0.1, 0.15) is 12.4 Å². The summed E-state index contributed by atoms with van der Waals surface area (Å²) in [6, 6.07) is 0. The van der Waals surface area contributed by atoms with Crippen molar-refractivity contribution in [2.75, 3.05) is 13.1 Å². The fraction of sp³-hybridized carbons (Fsp3) is 0.913. The van der Waals surface area contributed by atoms with Gasteiger partial charge in [-0.2, -0.15) is 5.48 Å². The molecular formula is C23H40ClFN6O3. The van der Waals surface area contributed by atoms with E-state index in [2.05, 4.69) is 32.3 Å². The van der Waals surface area contributed by atoms with Gasteiger partial charge in [0, 0.05) is 30.2 Å². The Balaban J connectivity index is 1.04. The number of rotatable bonds is 10. The molecule has 11 heteroatoms. The third-order valence-corrected chi connectivity index (χ3v) is 8.26. The van der Waals surface area contributed by atoms with Crippen LogP contribution in [-0.2, 0) is 14.4 Å². The van der Waals surface area contributed by atoms with Crippen molar-refractivity contribution >= 4 is 23.4 Å². The van der Waals surface area contributed by atoms with Crippen molar-refractivity contribution < 1.29 is 18.8 Å². The number of hydroxylamine groups is 1. The molecule has 2 saturated carbocycles. The fourth-order valence-corrected chi connectivity index (χ4v) is 6.20. The molecule has 8 atom stereocenters. The van der Waals surface area contributed by atoms with Gasteiger partial charge in [-0.25, -0.2) is 9.82 Å². The van der Waals surface area contributed by atoms with Gasteiger partial charge >= 0.3 is 0 Å². The van der Waals surface area contributed by atoms with E-state index in [4.69, 9.17) is 16.4 Å². The summed E-state index contributed by atoms with van der Waals surface area (Å²) in [7, 11) is 0. The number of alkyl halides is 2. The Morgan fingerprint density at radius 3 is 2.88 bits per heavy atom. The maximum atomic E-state index is 13.5. The summed E-state index contributed by atoms with van der Waals surface area (Å²) in [6.45, 7) is 1.37. The molecule has 6 N–H and O–H groups in total. The molecule has 4 aliphatic rings. The number of hydrogen-bond acceptors (Lipinski definition) is 7. The normalized spacial score (nSPS) is 38.2. The van der Waals surface area contributed by atoms with E-state index in [-0.39, 0.29) is 47.6 Å². The monoisotopic (exact) mass is 502 g/mol. The van der Waals surface area contributed by atoms with Crippen molar-refractivity contribution in [3.05, 3.63) is 0 Å². The standard InChI is InChI=1S/C23H40ClFN6O3/c24-18-13-15(25)7-6-14(18)12-19-28-21(34-31-19)9-8-20(32)26-10-3-11-27-22-16-4-1-2-5-17(16)23(33)30-29-22/h14-19,21-22,27-29,31H,1-13H2,(H,26,32)(H,30,33). The largest absolute Gasteiger partial charge is 0.356 e. The van der Waals surface area contributed by atoms with Crippen LogP contribution in [0.25, 0.3) is 0 Å². The van der Waals surface area contributed by atoms with Crippen LogP contribution < -0.4 is 32.3 Å². The number of halogens is 2. The molecule has 9 nitrogen and oxygen atoms in total. The SMILES string of the molecule is O=C(CCC1NC(CC2CCC(F)CC2Cl)NO1)NCCCNC1NNC(=O)C2CCCCC12. The molecule has 0 spiro atoms. The first-order chi connectivity index (χ1) is 16.5. The van der Waals surface area contributed by atoms with E-state index in [1.807, 2.05) is 0 Å². The molecule has 2 aliphatic heterocycles. The number of fused-ring (bicyclic) bond motifs is 1. The predicted molar refractivity (Wildman–Crippen MR) is 127 cm³/mol. The van der Waals surface area contributed by atoms with Crippen LogP contribution in [0.3, 0.4) is 0 Å². The highest BCUT2D eigenvalue weighted by Crippen LogP contribution is 2.34. The van der Waals surface area contributed by atoms with Crippen LogP contribution >= 0.6 is 11.6 Å². The Labute approximate surface area is 206 Å². The molecule has 4 rings (SSSR count). The Hall–Kier alpha value is -1.04. The van der Waals surface area contributed by atoms with E-state index in [1.165, 1.54) is 6.42 Å². The van der Waals surface area contributed by atoms with Gasteiger partial charge in [-0.15, -0.1) is 11.6 Å². The molecule has 0 radical (unpaired) electrons. The van der Waals surface area contributed by atoms with Gasteiger partial charge in [0.15, 0.2) is 0 Å². The molecule has 8 unspecified atom stereocenters. The van der Waals surface area contributed by atoms with Crippen molar-refractivity contribution in [1.82, 2.24) is 32.3 Å². The molecule has 2 aliphatic carbocycles. The molecule has 0 aromatic carbocycles. The van der Waals surface area contributed by atoms with Crippen molar-refractivity contribution in [1.29, 1.82) is 0 Å². The Morgan fingerprint density at radius 1 is 1.18 bits per heavy atom. The molecule has 2 saturated heterocycles. The van der Waals surface area contributed by atoms with E-state index in [0.717, 1.165) is 45.1 Å². The first-order valence-electron chi connectivity index (χ1n) is 13.0. The van der Waals surface area contributed by atoms with E-state index >= 15 is 0 Å². The summed E-state index contributed by atoms with van der Waals surface area (Å²) in [4.78, 5) is 29.8. The first kappa shape index (κ1) is 26.0. The minimum atomic E-state index is -0.780. The van der Waals surface area contributed by atoms with Crippen LogP contribution in [0.1, 0.15) is 70.6 Å². The quantitative estimate of drug-likeness (QED) is 0.198. The van der Waals surface area contributed by atoms with Crippen LogP contribution in [-0.4, -0.2) is 55.0 Å². The molecular weight excluding hydrogens is 463 g/mol. The predicted octanol–water partition coefficient (Wildman–Crippen LogP) is 1.54. The van der Waals surface area contributed by atoms with Gasteiger partial charge in [0.2, 0.25) is 11.8 Å². The molecule has 194 valence electrons. The molecule has 0 bridgehead atoms. The molecule has 2 heterocycles. The van der Waals surface area contributed by atoms with Gasteiger partial charge in [0.05, 0.1) is 12.3 Å². The lowest BCUT2D eigenvalue weighted by Gasteiger charge is -2.41. The molecule has 0 aromatic rings. The third kappa shape index (κ3) is 7.24. The van der Waals surface area contributed by atoms with Crippen LogP contribution in [0.5, 0.6) is 0 Å². The molecule has 34 heavy (non-hydrogen) atoms. The summed E-state index contributed by atoms with van der Waals surface area (Å²) in [5.41, 5.74) is 8.89. The second-order valence-electron chi connectivity index (χ2n) is 10.2. The molecule has 0 aromatic heterocycles. The second-order valence-corrected chi connectivity index (χ2v) is 10.8. The van der Waals surface area contributed by atoms with E-state index in [1.54, 1.807) is 0 Å². The van der Waals surface area contributed by atoms with E-state index in [9.17, 15) is 14.0 Å². The number of hydrogen-bond donors (Lipinski definition) is 6. The maximum absolute atomic E-state index is 13.5. The summed E-state index contributed by atoms with van der Waals surface area (Å²) in [5, 5.41) is 9.67. The van der Waals surface area contributed by atoms with Crippen LogP contribution in [0.15, 0.2) is 0 Å². The van der Waals surface area contributed by atoms with Crippen molar-refractivity contribution in [2.24, 2.45) is 17.8 Å². The van der Waals surface area contributed by atoms with Crippen molar-refractivity contribution in [2.45, 2.75) is 101 Å². The smallest absolute Gasteiger partial charge is 0.237 e. The number of carbonyl (C=O) groups is 2. The number of carbonyl (C=O) groups excluding carboxylic acids is 2. The summed E-state index contributed by atoms with van der Waals surface area (Å²) in [6.07, 6.45) is 7.75. The van der Waals surface area contributed by atoms with Crippen molar-refractivity contribution in [3.8, 4) is 0 Å². The minimum Gasteiger partial charge on any atom is -0.356 e. The van der Waals surface area contributed by atoms with Gasteiger partial charge in [-0.05, 0) is 63.8 Å². The Bertz CT molecular complexity index is 691. The lowest BCUT2D eigenvalue weighted by molar-refractivity contribution is -0.134. The summed E-state index contributed by atoms with van der Waals surface area (Å²) >= 11 is 6.33. The highest BCUT2D eigenvalue weighted by atomic mass is 35.5. The number of hydrazine groups is 1. The van der Waals surface area contributed by atoms with Gasteiger partial charge < -0.3 is 10.6 Å². The summed E-state index contributed by atoms with van der Waals surface area (Å²) in [5.74, 6) is 0.828. The zero-order valence-corrected chi connectivity index (χ0v) is 20.5. The van der Waals surface area contributed by atoms with Crippen LogP contribution in [0.2, 0.25) is 0 Å². The third-order valence-electron chi connectivity index (χ3n) is 7.73. The highest BCUT2D eigenvalue weighted by molar-refractivity contribution is 6.20. The average molecular weight is 503 g/mol. The number of nitrogens with one attached hydrogen (secondary N) is 6. The molecule has 4 fully saturated rings. The van der Waals surface area contributed by atoms with E-state index < -0.39 is 6.17 Å². The Kier molecular flexibility index (Phi) is 9.79.